The normalized spacial score (nSPS) is 15.5. The van der Waals surface area contributed by atoms with Crippen LogP contribution in [0.25, 0.3) is 0 Å². The van der Waals surface area contributed by atoms with Crippen LogP contribution in [-0.4, -0.2) is 17.5 Å². The Morgan fingerprint density at radius 3 is 2.76 bits per heavy atom. The molecule has 0 spiro atoms. The molecule has 94 valence electrons. The minimum absolute atomic E-state index is 0.180. The van der Waals surface area contributed by atoms with Crippen LogP contribution in [0.5, 0.6) is 0 Å². The van der Waals surface area contributed by atoms with Crippen LogP contribution in [0.3, 0.4) is 0 Å². The average Bonchev–Trinajstić information content (AvgIpc) is 3.13. The Balaban J connectivity index is 1.98. The summed E-state index contributed by atoms with van der Waals surface area (Å²) >= 11 is 3.25. The average molecular weight is 300 g/mol. The molecule has 17 heavy (non-hydrogen) atoms. The maximum absolute atomic E-state index is 13.1. The third kappa shape index (κ3) is 3.78. The molecule has 0 saturated heterocycles. The molecule has 1 fully saturated rings. The van der Waals surface area contributed by atoms with Gasteiger partial charge in [0.15, 0.2) is 0 Å². The fraction of sp³-hybridized carbons (Fsp3) is 0.571. The standard InChI is InChI=1S/C14H19BrFN/c1-2-3-8-17(12-5-6-12)10-11-4-7-14(16)13(15)9-11/h4,7,9,12H,2-3,5-6,8,10H2,1H3. The first-order valence-electron chi connectivity index (χ1n) is 6.38. The number of hydrogen-bond donors (Lipinski definition) is 0. The molecule has 2 rings (SSSR count). The van der Waals surface area contributed by atoms with Crippen molar-refractivity contribution in [1.82, 2.24) is 4.90 Å². The Hall–Kier alpha value is -0.410. The Kier molecular flexibility index (Phi) is 4.57. The number of unbranched alkanes of at least 4 members (excludes halogenated alkanes) is 1. The highest BCUT2D eigenvalue weighted by molar-refractivity contribution is 9.10. The zero-order valence-corrected chi connectivity index (χ0v) is 11.8. The summed E-state index contributed by atoms with van der Waals surface area (Å²) in [6.07, 6.45) is 5.13. The minimum atomic E-state index is -0.180. The van der Waals surface area contributed by atoms with Gasteiger partial charge in [-0.2, -0.15) is 0 Å². The van der Waals surface area contributed by atoms with E-state index in [1.165, 1.54) is 31.2 Å². The van der Waals surface area contributed by atoms with Gasteiger partial charge in [-0.3, -0.25) is 4.90 Å². The lowest BCUT2D eigenvalue weighted by Gasteiger charge is -2.21. The Bertz CT molecular complexity index is 376. The summed E-state index contributed by atoms with van der Waals surface area (Å²) in [7, 11) is 0. The SMILES string of the molecule is CCCCN(Cc1ccc(F)c(Br)c1)C1CC1. The maximum atomic E-state index is 13.1. The van der Waals surface area contributed by atoms with Crippen LogP contribution in [0.1, 0.15) is 38.2 Å². The lowest BCUT2D eigenvalue weighted by atomic mass is 10.2. The van der Waals surface area contributed by atoms with Crippen molar-refractivity contribution in [1.29, 1.82) is 0 Å². The minimum Gasteiger partial charge on any atom is -0.296 e. The first-order valence-corrected chi connectivity index (χ1v) is 7.18. The van der Waals surface area contributed by atoms with Crippen molar-refractivity contribution < 1.29 is 4.39 Å². The van der Waals surface area contributed by atoms with Gasteiger partial charge in [-0.15, -0.1) is 0 Å². The van der Waals surface area contributed by atoms with Crippen molar-refractivity contribution in [2.24, 2.45) is 0 Å². The van der Waals surface area contributed by atoms with Crippen molar-refractivity contribution in [3.8, 4) is 0 Å². The van der Waals surface area contributed by atoms with E-state index in [9.17, 15) is 4.39 Å². The quantitative estimate of drug-likeness (QED) is 0.755. The molecule has 1 saturated carbocycles. The molecule has 0 radical (unpaired) electrons. The van der Waals surface area contributed by atoms with Crippen LogP contribution < -0.4 is 0 Å². The van der Waals surface area contributed by atoms with Gasteiger partial charge in [0.1, 0.15) is 5.82 Å². The molecule has 0 unspecified atom stereocenters. The lowest BCUT2D eigenvalue weighted by molar-refractivity contribution is 0.250. The first kappa shape index (κ1) is 13.0. The number of nitrogens with zero attached hydrogens (tertiary/aromatic N) is 1. The zero-order chi connectivity index (χ0) is 12.3. The predicted octanol–water partition coefficient (Wildman–Crippen LogP) is 4.35. The molecule has 0 amide bonds. The summed E-state index contributed by atoms with van der Waals surface area (Å²) in [4.78, 5) is 2.53. The lowest BCUT2D eigenvalue weighted by Crippen LogP contribution is -2.26. The fourth-order valence-electron chi connectivity index (χ4n) is 2.06. The van der Waals surface area contributed by atoms with E-state index in [4.69, 9.17) is 0 Å². The van der Waals surface area contributed by atoms with Gasteiger partial charge in [-0.1, -0.05) is 19.4 Å². The summed E-state index contributed by atoms with van der Waals surface area (Å²) in [6.45, 7) is 4.33. The zero-order valence-electron chi connectivity index (χ0n) is 10.3. The van der Waals surface area contributed by atoms with Crippen LogP contribution in [0, 0.1) is 5.82 Å². The van der Waals surface area contributed by atoms with Crippen LogP contribution in [0.2, 0.25) is 0 Å². The van der Waals surface area contributed by atoms with Crippen molar-refractivity contribution in [2.45, 2.75) is 45.2 Å². The predicted molar refractivity (Wildman–Crippen MR) is 72.4 cm³/mol. The van der Waals surface area contributed by atoms with Crippen molar-refractivity contribution in [2.75, 3.05) is 6.54 Å². The number of rotatable bonds is 6. The third-order valence-electron chi connectivity index (χ3n) is 3.23. The highest BCUT2D eigenvalue weighted by Gasteiger charge is 2.28. The van der Waals surface area contributed by atoms with Gasteiger partial charge in [-0.25, -0.2) is 4.39 Å². The number of benzene rings is 1. The van der Waals surface area contributed by atoms with Crippen molar-refractivity contribution in [3.05, 3.63) is 34.1 Å². The van der Waals surface area contributed by atoms with E-state index in [2.05, 4.69) is 27.8 Å². The number of halogens is 2. The molecule has 0 atom stereocenters. The topological polar surface area (TPSA) is 3.24 Å². The summed E-state index contributed by atoms with van der Waals surface area (Å²) in [5.74, 6) is -0.180. The van der Waals surface area contributed by atoms with Gasteiger partial charge >= 0.3 is 0 Å². The maximum Gasteiger partial charge on any atom is 0.137 e. The van der Waals surface area contributed by atoms with E-state index in [1.54, 1.807) is 6.07 Å². The van der Waals surface area contributed by atoms with Crippen molar-refractivity contribution >= 4 is 15.9 Å². The molecule has 1 aliphatic rings. The molecule has 3 heteroatoms. The second-order valence-electron chi connectivity index (χ2n) is 4.80. The van der Waals surface area contributed by atoms with Crippen LogP contribution >= 0.6 is 15.9 Å². The molecule has 1 aromatic carbocycles. The van der Waals surface area contributed by atoms with E-state index in [0.717, 1.165) is 19.1 Å². The molecule has 0 aromatic heterocycles. The van der Waals surface area contributed by atoms with Gasteiger partial charge in [0.25, 0.3) is 0 Å². The van der Waals surface area contributed by atoms with Gasteiger partial charge < -0.3 is 0 Å². The Labute approximate surface area is 111 Å². The summed E-state index contributed by atoms with van der Waals surface area (Å²) in [5, 5.41) is 0. The van der Waals surface area contributed by atoms with Crippen LogP contribution in [-0.2, 0) is 6.54 Å². The highest BCUT2D eigenvalue weighted by atomic mass is 79.9. The first-order chi connectivity index (χ1) is 8.20. The third-order valence-corrected chi connectivity index (χ3v) is 3.84. The van der Waals surface area contributed by atoms with Gasteiger partial charge in [0, 0.05) is 12.6 Å². The van der Waals surface area contributed by atoms with Gasteiger partial charge in [0.2, 0.25) is 0 Å². The number of hydrogen-bond acceptors (Lipinski definition) is 1. The van der Waals surface area contributed by atoms with E-state index >= 15 is 0 Å². The van der Waals surface area contributed by atoms with E-state index < -0.39 is 0 Å². The summed E-state index contributed by atoms with van der Waals surface area (Å²) in [6, 6.07) is 6.10. The van der Waals surface area contributed by atoms with Crippen LogP contribution in [0.15, 0.2) is 22.7 Å². The molecule has 0 heterocycles. The smallest absolute Gasteiger partial charge is 0.137 e. The van der Waals surface area contributed by atoms with Crippen LogP contribution in [0.4, 0.5) is 4.39 Å². The summed E-state index contributed by atoms with van der Waals surface area (Å²) < 4.78 is 13.7. The van der Waals surface area contributed by atoms with E-state index in [0.29, 0.717) is 4.47 Å². The van der Waals surface area contributed by atoms with Gasteiger partial charge in [-0.05, 0) is 59.4 Å². The molecule has 1 nitrogen and oxygen atoms in total. The largest absolute Gasteiger partial charge is 0.296 e. The molecule has 0 N–H and O–H groups in total. The van der Waals surface area contributed by atoms with E-state index in [1.807, 2.05) is 12.1 Å². The molecule has 0 bridgehead atoms. The molecular weight excluding hydrogens is 281 g/mol. The molecule has 1 aromatic rings. The van der Waals surface area contributed by atoms with Crippen molar-refractivity contribution in [3.63, 3.8) is 0 Å². The summed E-state index contributed by atoms with van der Waals surface area (Å²) in [5.41, 5.74) is 1.20. The highest BCUT2D eigenvalue weighted by Crippen LogP contribution is 2.29. The Morgan fingerprint density at radius 1 is 1.41 bits per heavy atom. The molecule has 0 aliphatic heterocycles. The second kappa shape index (κ2) is 5.96. The second-order valence-corrected chi connectivity index (χ2v) is 5.66. The Morgan fingerprint density at radius 2 is 2.18 bits per heavy atom. The molecule has 1 aliphatic carbocycles. The molecular formula is C14H19BrFN. The fourth-order valence-corrected chi connectivity index (χ4v) is 2.49. The van der Waals surface area contributed by atoms with Gasteiger partial charge in [0.05, 0.1) is 4.47 Å². The van der Waals surface area contributed by atoms with E-state index in [-0.39, 0.29) is 5.82 Å². The monoisotopic (exact) mass is 299 g/mol.